The summed E-state index contributed by atoms with van der Waals surface area (Å²) in [5.74, 6) is -0.237. The van der Waals surface area contributed by atoms with Crippen LogP contribution in [0.2, 0.25) is 0 Å². The van der Waals surface area contributed by atoms with Crippen LogP contribution in [0, 0.1) is 10.1 Å². The minimum atomic E-state index is -0.526. The van der Waals surface area contributed by atoms with Crippen molar-refractivity contribution in [2.45, 2.75) is 6.54 Å². The SMILES string of the molecule is COc1cc([N+](=O)[O-])ccc1-n1cc(CN2C(=O)S/C(=C\c3cn(-c4ccccc4)nc3-c3ccccc3)C2=O)nn1. The Hall–Kier alpha value is -5.56. The van der Waals surface area contributed by atoms with Gasteiger partial charge in [0.1, 0.15) is 11.4 Å². The van der Waals surface area contributed by atoms with Crippen LogP contribution in [0.1, 0.15) is 11.3 Å². The highest BCUT2D eigenvalue weighted by Crippen LogP contribution is 2.35. The molecule has 3 heterocycles. The smallest absolute Gasteiger partial charge is 0.293 e. The molecular formula is C29H21N7O5S. The monoisotopic (exact) mass is 579 g/mol. The molecule has 1 aliphatic rings. The van der Waals surface area contributed by atoms with E-state index in [9.17, 15) is 19.7 Å². The number of ether oxygens (including phenoxy) is 1. The summed E-state index contributed by atoms with van der Waals surface area (Å²) in [6.07, 6.45) is 5.04. The largest absolute Gasteiger partial charge is 0.494 e. The van der Waals surface area contributed by atoms with Gasteiger partial charge in [-0.15, -0.1) is 5.10 Å². The number of methoxy groups -OCH3 is 1. The van der Waals surface area contributed by atoms with Gasteiger partial charge in [0, 0.05) is 23.4 Å². The first-order valence-electron chi connectivity index (χ1n) is 12.6. The Balaban J connectivity index is 1.27. The third-order valence-electron chi connectivity index (χ3n) is 6.45. The summed E-state index contributed by atoms with van der Waals surface area (Å²) >= 11 is 0.841. The van der Waals surface area contributed by atoms with E-state index in [4.69, 9.17) is 9.84 Å². The second kappa shape index (κ2) is 11.1. The minimum absolute atomic E-state index is 0.105. The molecule has 13 heteroatoms. The molecule has 2 amide bonds. The number of nitro groups is 1. The lowest BCUT2D eigenvalue weighted by Crippen LogP contribution is -2.27. The van der Waals surface area contributed by atoms with Gasteiger partial charge in [0.2, 0.25) is 0 Å². The number of carbonyl (C=O) groups is 2. The zero-order chi connectivity index (χ0) is 29.2. The summed E-state index contributed by atoms with van der Waals surface area (Å²) in [4.78, 5) is 38.2. The molecule has 0 aliphatic carbocycles. The second-order valence-corrected chi connectivity index (χ2v) is 10.1. The van der Waals surface area contributed by atoms with Gasteiger partial charge in [-0.2, -0.15) is 5.10 Å². The number of benzene rings is 3. The van der Waals surface area contributed by atoms with E-state index in [-0.39, 0.29) is 22.9 Å². The number of non-ortho nitro benzene ring substituents is 1. The number of hydrogen-bond donors (Lipinski definition) is 0. The Kier molecular flexibility index (Phi) is 7.07. The lowest BCUT2D eigenvalue weighted by atomic mass is 10.1. The molecule has 5 aromatic rings. The third kappa shape index (κ3) is 5.15. The molecule has 3 aromatic carbocycles. The fourth-order valence-electron chi connectivity index (χ4n) is 4.42. The van der Waals surface area contributed by atoms with Crippen LogP contribution in [0.4, 0.5) is 10.5 Å². The fraction of sp³-hybridized carbons (Fsp3) is 0.0690. The summed E-state index contributed by atoms with van der Waals surface area (Å²) in [5, 5.41) is 23.6. The highest BCUT2D eigenvalue weighted by atomic mass is 32.2. The average molecular weight is 580 g/mol. The molecule has 1 fully saturated rings. The van der Waals surface area contributed by atoms with Crippen molar-refractivity contribution in [3.63, 3.8) is 0 Å². The van der Waals surface area contributed by atoms with Gasteiger partial charge in [-0.1, -0.05) is 53.7 Å². The van der Waals surface area contributed by atoms with Gasteiger partial charge >= 0.3 is 0 Å². The van der Waals surface area contributed by atoms with Crippen LogP contribution >= 0.6 is 11.8 Å². The number of imide groups is 1. The quantitative estimate of drug-likeness (QED) is 0.137. The van der Waals surface area contributed by atoms with Gasteiger partial charge in [0.25, 0.3) is 16.8 Å². The van der Waals surface area contributed by atoms with E-state index in [1.807, 2.05) is 66.9 Å². The third-order valence-corrected chi connectivity index (χ3v) is 7.36. The standard InChI is InChI=1S/C29H21N7O5S/c1-41-25-15-23(36(39)40)12-13-24(25)35-18-21(30-32-35)17-33-28(37)26(42-29(33)38)14-20-16-34(22-10-6-3-7-11-22)31-27(20)19-8-4-2-5-9-19/h2-16,18H,17H2,1H3/b26-14-. The number of carbonyl (C=O) groups excluding carboxylic acids is 2. The maximum absolute atomic E-state index is 13.4. The number of rotatable bonds is 8. The Morgan fingerprint density at radius 1 is 0.976 bits per heavy atom. The predicted molar refractivity (Wildman–Crippen MR) is 155 cm³/mol. The average Bonchev–Trinajstić information content (AvgIpc) is 3.73. The van der Waals surface area contributed by atoms with Crippen molar-refractivity contribution in [2.24, 2.45) is 0 Å². The van der Waals surface area contributed by atoms with E-state index < -0.39 is 16.1 Å². The lowest BCUT2D eigenvalue weighted by Gasteiger charge is -2.09. The summed E-state index contributed by atoms with van der Waals surface area (Å²) in [7, 11) is 1.39. The second-order valence-electron chi connectivity index (χ2n) is 9.11. The van der Waals surface area contributed by atoms with E-state index in [1.54, 1.807) is 10.8 Å². The molecule has 1 aliphatic heterocycles. The van der Waals surface area contributed by atoms with Crippen LogP contribution in [0.3, 0.4) is 0 Å². The summed E-state index contributed by atoms with van der Waals surface area (Å²) in [6, 6.07) is 23.3. The number of amides is 2. The number of thioether (sulfide) groups is 1. The molecular weight excluding hydrogens is 558 g/mol. The van der Waals surface area contributed by atoms with Crippen molar-refractivity contribution in [1.29, 1.82) is 0 Å². The van der Waals surface area contributed by atoms with E-state index in [0.717, 1.165) is 27.9 Å². The Morgan fingerprint density at radius 3 is 2.43 bits per heavy atom. The van der Waals surface area contributed by atoms with E-state index in [0.29, 0.717) is 22.6 Å². The van der Waals surface area contributed by atoms with Crippen LogP contribution < -0.4 is 4.74 Å². The summed E-state index contributed by atoms with van der Waals surface area (Å²) < 4.78 is 8.39. The molecule has 6 rings (SSSR count). The number of nitro benzene ring substituents is 1. The number of nitrogens with zero attached hydrogens (tertiary/aromatic N) is 7. The van der Waals surface area contributed by atoms with Crippen LogP contribution in [0.15, 0.2) is 96.2 Å². The number of hydrogen-bond acceptors (Lipinski definition) is 9. The zero-order valence-corrected chi connectivity index (χ0v) is 22.8. The van der Waals surface area contributed by atoms with Crippen LogP contribution in [0.25, 0.3) is 28.7 Å². The van der Waals surface area contributed by atoms with Crippen LogP contribution in [-0.4, -0.2) is 52.9 Å². The van der Waals surface area contributed by atoms with E-state index in [2.05, 4.69) is 10.3 Å². The van der Waals surface area contributed by atoms with Crippen LogP contribution in [-0.2, 0) is 11.3 Å². The molecule has 0 radical (unpaired) electrons. The molecule has 0 saturated carbocycles. The number of aromatic nitrogens is 5. The molecule has 0 atom stereocenters. The van der Waals surface area contributed by atoms with Gasteiger partial charge < -0.3 is 4.74 Å². The van der Waals surface area contributed by atoms with Gasteiger partial charge in [-0.05, 0) is 36.0 Å². The van der Waals surface area contributed by atoms with Crippen molar-refractivity contribution < 1.29 is 19.2 Å². The van der Waals surface area contributed by atoms with Gasteiger partial charge in [0.15, 0.2) is 5.75 Å². The van der Waals surface area contributed by atoms with E-state index in [1.165, 1.54) is 36.2 Å². The molecule has 2 aromatic heterocycles. The highest BCUT2D eigenvalue weighted by molar-refractivity contribution is 8.18. The van der Waals surface area contributed by atoms with Crippen molar-refractivity contribution in [3.05, 3.63) is 118 Å². The molecule has 42 heavy (non-hydrogen) atoms. The molecule has 0 unspecified atom stereocenters. The Morgan fingerprint density at radius 2 is 1.71 bits per heavy atom. The lowest BCUT2D eigenvalue weighted by molar-refractivity contribution is -0.384. The molecule has 208 valence electrons. The number of para-hydroxylation sites is 1. The normalized spacial score (nSPS) is 14.1. The molecule has 0 bridgehead atoms. The maximum atomic E-state index is 13.4. The predicted octanol–water partition coefficient (Wildman–Crippen LogP) is 5.27. The fourth-order valence-corrected chi connectivity index (χ4v) is 5.25. The Bertz CT molecular complexity index is 1850. The highest BCUT2D eigenvalue weighted by Gasteiger charge is 2.36. The topological polar surface area (TPSA) is 138 Å². The first-order valence-corrected chi connectivity index (χ1v) is 13.4. The first-order chi connectivity index (χ1) is 20.4. The zero-order valence-electron chi connectivity index (χ0n) is 22.0. The van der Waals surface area contributed by atoms with Crippen molar-refractivity contribution in [1.82, 2.24) is 29.7 Å². The van der Waals surface area contributed by atoms with Crippen LogP contribution in [0.5, 0.6) is 5.75 Å². The molecule has 0 spiro atoms. The molecule has 0 N–H and O–H groups in total. The molecule has 1 saturated heterocycles. The van der Waals surface area contributed by atoms with Gasteiger partial charge in [-0.3, -0.25) is 24.6 Å². The Labute approximate surface area is 243 Å². The van der Waals surface area contributed by atoms with Gasteiger partial charge in [-0.25, -0.2) is 9.36 Å². The molecule has 12 nitrogen and oxygen atoms in total. The minimum Gasteiger partial charge on any atom is -0.494 e. The first kappa shape index (κ1) is 26.7. The van der Waals surface area contributed by atoms with E-state index >= 15 is 0 Å². The maximum Gasteiger partial charge on any atom is 0.293 e. The summed E-state index contributed by atoms with van der Waals surface area (Å²) in [5.41, 5.74) is 3.72. The van der Waals surface area contributed by atoms with Crippen molar-refractivity contribution >= 4 is 34.7 Å². The van der Waals surface area contributed by atoms with Crippen molar-refractivity contribution in [2.75, 3.05) is 7.11 Å². The van der Waals surface area contributed by atoms with Gasteiger partial charge in [0.05, 0.1) is 47.1 Å². The van der Waals surface area contributed by atoms with Crippen molar-refractivity contribution in [3.8, 4) is 28.4 Å². The summed E-state index contributed by atoms with van der Waals surface area (Å²) in [6.45, 7) is -0.105.